The summed E-state index contributed by atoms with van der Waals surface area (Å²) in [7, 11) is -3.69. The molecule has 9 nitrogen and oxygen atoms in total. The summed E-state index contributed by atoms with van der Waals surface area (Å²) in [6.07, 6.45) is 4.33. The summed E-state index contributed by atoms with van der Waals surface area (Å²) < 4.78 is 37.6. The molecule has 2 amide bonds. The molecule has 32 heavy (non-hydrogen) atoms. The zero-order valence-electron chi connectivity index (χ0n) is 18.5. The molecule has 0 saturated carbocycles. The van der Waals surface area contributed by atoms with Gasteiger partial charge < -0.3 is 19.8 Å². The van der Waals surface area contributed by atoms with Crippen LogP contribution >= 0.6 is 0 Å². The fourth-order valence-electron chi connectivity index (χ4n) is 2.88. The molecule has 0 aliphatic rings. The molecule has 0 atom stereocenters. The van der Waals surface area contributed by atoms with Crippen LogP contribution in [0, 0.1) is 0 Å². The second kappa shape index (κ2) is 12.1. The quantitative estimate of drug-likeness (QED) is 0.467. The number of anilines is 1. The third kappa shape index (κ3) is 6.96. The van der Waals surface area contributed by atoms with Crippen molar-refractivity contribution in [2.75, 3.05) is 31.6 Å². The Morgan fingerprint density at radius 2 is 1.91 bits per heavy atom. The maximum atomic E-state index is 12.8. The normalized spacial score (nSPS) is 11.6. The van der Waals surface area contributed by atoms with Crippen molar-refractivity contribution in [2.24, 2.45) is 0 Å². The first-order chi connectivity index (χ1) is 15.3. The highest BCUT2D eigenvalue weighted by Gasteiger charge is 2.23. The van der Waals surface area contributed by atoms with Gasteiger partial charge in [0.05, 0.1) is 23.5 Å². The van der Waals surface area contributed by atoms with Gasteiger partial charge in [-0.3, -0.25) is 9.59 Å². The SMILES string of the molecule is CCOc1ccc(S(=O)(=O)N(CC)CC)cc1NC(=O)CCNC(=O)/C=C/c1ccco1. The monoisotopic (exact) mass is 463 g/mol. The van der Waals surface area contributed by atoms with E-state index in [2.05, 4.69) is 10.6 Å². The summed E-state index contributed by atoms with van der Waals surface area (Å²) in [6, 6.07) is 7.79. The number of hydrogen-bond acceptors (Lipinski definition) is 6. The molecule has 0 fully saturated rings. The minimum Gasteiger partial charge on any atom is -0.492 e. The lowest BCUT2D eigenvalue weighted by Gasteiger charge is -2.20. The van der Waals surface area contributed by atoms with Crippen LogP contribution in [0.4, 0.5) is 5.69 Å². The van der Waals surface area contributed by atoms with E-state index in [1.54, 1.807) is 32.9 Å². The lowest BCUT2D eigenvalue weighted by atomic mass is 10.2. The Bertz CT molecular complexity index is 1030. The van der Waals surface area contributed by atoms with Crippen molar-refractivity contribution in [1.82, 2.24) is 9.62 Å². The number of rotatable bonds is 12. The largest absolute Gasteiger partial charge is 0.492 e. The van der Waals surface area contributed by atoms with Crippen LogP contribution in [0.3, 0.4) is 0 Å². The Balaban J connectivity index is 2.02. The molecular weight excluding hydrogens is 434 g/mol. The predicted octanol–water partition coefficient (Wildman–Crippen LogP) is 2.87. The van der Waals surface area contributed by atoms with E-state index in [4.69, 9.17) is 9.15 Å². The molecule has 0 unspecified atom stereocenters. The molecule has 1 aromatic heterocycles. The Morgan fingerprint density at radius 1 is 1.16 bits per heavy atom. The Hall–Kier alpha value is -3.11. The molecule has 2 rings (SSSR count). The van der Waals surface area contributed by atoms with E-state index >= 15 is 0 Å². The number of benzene rings is 1. The van der Waals surface area contributed by atoms with Crippen molar-refractivity contribution in [1.29, 1.82) is 0 Å². The number of carbonyl (C=O) groups is 2. The van der Waals surface area contributed by atoms with Gasteiger partial charge in [-0.1, -0.05) is 13.8 Å². The van der Waals surface area contributed by atoms with Gasteiger partial charge in [-0.25, -0.2) is 8.42 Å². The molecule has 10 heteroatoms. The molecule has 0 saturated heterocycles. The second-order valence-corrected chi connectivity index (χ2v) is 8.56. The minimum absolute atomic E-state index is 0.00107. The van der Waals surface area contributed by atoms with E-state index in [9.17, 15) is 18.0 Å². The van der Waals surface area contributed by atoms with Gasteiger partial charge in [-0.2, -0.15) is 4.31 Å². The summed E-state index contributed by atoms with van der Waals surface area (Å²) in [5.74, 6) is 0.154. The van der Waals surface area contributed by atoms with Gasteiger partial charge in [0.2, 0.25) is 21.8 Å². The summed E-state index contributed by atoms with van der Waals surface area (Å²) in [6.45, 7) is 6.44. The average Bonchev–Trinajstić information content (AvgIpc) is 3.28. The highest BCUT2D eigenvalue weighted by atomic mass is 32.2. The van der Waals surface area contributed by atoms with Crippen LogP contribution in [0.2, 0.25) is 0 Å². The van der Waals surface area contributed by atoms with Crippen molar-refractivity contribution < 1.29 is 27.2 Å². The fourth-order valence-corrected chi connectivity index (χ4v) is 4.36. The third-order valence-corrected chi connectivity index (χ3v) is 6.51. The number of carbonyl (C=O) groups excluding carboxylic acids is 2. The maximum Gasteiger partial charge on any atom is 0.244 e. The topological polar surface area (TPSA) is 118 Å². The lowest BCUT2D eigenvalue weighted by Crippen LogP contribution is -2.30. The molecule has 2 aromatic rings. The molecular formula is C22H29N3O6S. The smallest absolute Gasteiger partial charge is 0.244 e. The van der Waals surface area contributed by atoms with Crippen LogP contribution in [0.5, 0.6) is 5.75 Å². The Morgan fingerprint density at radius 3 is 2.53 bits per heavy atom. The van der Waals surface area contributed by atoms with Crippen LogP contribution in [-0.4, -0.2) is 50.8 Å². The summed E-state index contributed by atoms with van der Waals surface area (Å²) >= 11 is 0. The maximum absolute atomic E-state index is 12.8. The fraction of sp³-hybridized carbons (Fsp3) is 0.364. The van der Waals surface area contributed by atoms with Gasteiger partial charge in [-0.05, 0) is 43.3 Å². The van der Waals surface area contributed by atoms with Gasteiger partial charge in [-0.15, -0.1) is 0 Å². The molecule has 0 radical (unpaired) electrons. The number of sulfonamides is 1. The van der Waals surface area contributed by atoms with Gasteiger partial charge in [0.25, 0.3) is 0 Å². The summed E-state index contributed by atoms with van der Waals surface area (Å²) in [5.41, 5.74) is 0.258. The molecule has 174 valence electrons. The molecule has 0 aliphatic heterocycles. The first kappa shape index (κ1) is 25.2. The molecule has 2 N–H and O–H groups in total. The number of ether oxygens (including phenoxy) is 1. The molecule has 1 heterocycles. The van der Waals surface area contributed by atoms with Crippen molar-refractivity contribution >= 4 is 33.6 Å². The van der Waals surface area contributed by atoms with Crippen LogP contribution in [0.1, 0.15) is 33.0 Å². The Labute approximate surface area is 188 Å². The van der Waals surface area contributed by atoms with Crippen molar-refractivity contribution in [3.8, 4) is 5.75 Å². The summed E-state index contributed by atoms with van der Waals surface area (Å²) in [5, 5.41) is 5.28. The number of nitrogens with one attached hydrogen (secondary N) is 2. The van der Waals surface area contributed by atoms with E-state index in [1.165, 1.54) is 40.9 Å². The van der Waals surface area contributed by atoms with Crippen molar-refractivity contribution in [3.05, 3.63) is 48.4 Å². The number of furan rings is 1. The van der Waals surface area contributed by atoms with Crippen LogP contribution < -0.4 is 15.4 Å². The zero-order chi connectivity index (χ0) is 23.6. The van der Waals surface area contributed by atoms with E-state index in [0.717, 1.165) is 0 Å². The van der Waals surface area contributed by atoms with Gasteiger partial charge in [0.15, 0.2) is 0 Å². The number of nitrogens with zero attached hydrogens (tertiary/aromatic N) is 1. The highest BCUT2D eigenvalue weighted by Crippen LogP contribution is 2.29. The van der Waals surface area contributed by atoms with E-state index in [0.29, 0.717) is 31.2 Å². The van der Waals surface area contributed by atoms with Gasteiger partial charge in [0, 0.05) is 32.1 Å². The van der Waals surface area contributed by atoms with Crippen LogP contribution in [0.25, 0.3) is 6.08 Å². The number of amides is 2. The van der Waals surface area contributed by atoms with Crippen LogP contribution in [-0.2, 0) is 19.6 Å². The van der Waals surface area contributed by atoms with Gasteiger partial charge >= 0.3 is 0 Å². The van der Waals surface area contributed by atoms with E-state index < -0.39 is 15.9 Å². The average molecular weight is 464 g/mol. The molecule has 1 aromatic carbocycles. The van der Waals surface area contributed by atoms with Crippen molar-refractivity contribution in [2.45, 2.75) is 32.1 Å². The lowest BCUT2D eigenvalue weighted by molar-refractivity contribution is -0.117. The highest BCUT2D eigenvalue weighted by molar-refractivity contribution is 7.89. The zero-order valence-corrected chi connectivity index (χ0v) is 19.3. The first-order valence-electron chi connectivity index (χ1n) is 10.4. The van der Waals surface area contributed by atoms with Crippen molar-refractivity contribution in [3.63, 3.8) is 0 Å². The predicted molar refractivity (Wildman–Crippen MR) is 122 cm³/mol. The molecule has 0 bridgehead atoms. The Kier molecular flexibility index (Phi) is 9.48. The van der Waals surface area contributed by atoms with E-state index in [-0.39, 0.29) is 29.5 Å². The second-order valence-electron chi connectivity index (χ2n) is 6.62. The number of hydrogen-bond donors (Lipinski definition) is 2. The standard InChI is InChI=1S/C22H29N3O6S/c1-4-25(5-2)32(28,29)18-10-11-20(30-6-3)19(16-18)24-22(27)13-14-23-21(26)12-9-17-8-7-15-31-17/h7-12,15-16H,4-6,13-14H2,1-3H3,(H,23,26)(H,24,27)/b12-9+. The first-order valence-corrected chi connectivity index (χ1v) is 11.8. The molecule has 0 aliphatic carbocycles. The van der Waals surface area contributed by atoms with Gasteiger partial charge in [0.1, 0.15) is 11.5 Å². The van der Waals surface area contributed by atoms with Crippen LogP contribution in [0.15, 0.2) is 52.0 Å². The van der Waals surface area contributed by atoms with E-state index in [1.807, 2.05) is 0 Å². The minimum atomic E-state index is -3.69. The third-order valence-electron chi connectivity index (χ3n) is 4.46. The summed E-state index contributed by atoms with van der Waals surface area (Å²) in [4.78, 5) is 24.3. The molecule has 0 spiro atoms.